The third-order valence-corrected chi connectivity index (χ3v) is 4.01. The Labute approximate surface area is 143 Å². The van der Waals surface area contributed by atoms with E-state index in [0.29, 0.717) is 11.0 Å². The van der Waals surface area contributed by atoms with E-state index < -0.39 is 4.92 Å². The molecule has 0 atom stereocenters. The number of rotatable bonds is 5. The molecule has 1 aliphatic heterocycles. The van der Waals surface area contributed by atoms with E-state index in [9.17, 15) is 14.9 Å². The Balaban J connectivity index is 0.00000242. The summed E-state index contributed by atoms with van der Waals surface area (Å²) in [6, 6.07) is 4.42. The van der Waals surface area contributed by atoms with Crippen LogP contribution in [0, 0.1) is 10.1 Å². The molecule has 1 aromatic rings. The van der Waals surface area contributed by atoms with Gasteiger partial charge in [-0.15, -0.1) is 12.4 Å². The van der Waals surface area contributed by atoms with Gasteiger partial charge in [-0.2, -0.15) is 0 Å². The molecule has 0 bridgehead atoms. The van der Waals surface area contributed by atoms with E-state index in [4.69, 9.17) is 0 Å². The van der Waals surface area contributed by atoms with Crippen molar-refractivity contribution in [3.8, 4) is 0 Å². The molecule has 22 heavy (non-hydrogen) atoms. The second-order valence-corrected chi connectivity index (χ2v) is 5.66. The summed E-state index contributed by atoms with van der Waals surface area (Å²) >= 11 is 3.27. The molecule has 2 rings (SSSR count). The van der Waals surface area contributed by atoms with Crippen molar-refractivity contribution in [2.24, 2.45) is 0 Å². The quantitative estimate of drug-likeness (QED) is 0.459. The lowest BCUT2D eigenvalue weighted by Gasteiger charge is -2.14. The second-order valence-electron chi connectivity index (χ2n) is 4.80. The molecule has 0 unspecified atom stereocenters. The predicted octanol–water partition coefficient (Wildman–Crippen LogP) is 2.36. The van der Waals surface area contributed by atoms with Crippen LogP contribution in [0.25, 0.3) is 0 Å². The number of nitro groups is 1. The first-order valence-corrected chi connectivity index (χ1v) is 7.43. The number of nitrogens with zero attached hydrogens (tertiary/aromatic N) is 1. The first-order chi connectivity index (χ1) is 10.1. The highest BCUT2D eigenvalue weighted by Gasteiger charge is 2.12. The fourth-order valence-electron chi connectivity index (χ4n) is 2.07. The molecule has 0 aromatic heterocycles. The van der Waals surface area contributed by atoms with Crippen LogP contribution in [-0.4, -0.2) is 30.5 Å². The average molecular weight is 391 g/mol. The van der Waals surface area contributed by atoms with Crippen molar-refractivity contribution in [1.29, 1.82) is 0 Å². The van der Waals surface area contributed by atoms with E-state index in [0.717, 1.165) is 25.1 Å². The zero-order chi connectivity index (χ0) is 15.2. The van der Waals surface area contributed by atoms with E-state index in [1.807, 2.05) is 0 Å². The number of halogens is 2. The Morgan fingerprint density at radius 1 is 1.45 bits per heavy atom. The lowest BCUT2D eigenvalue weighted by Crippen LogP contribution is -2.30. The molecule has 120 valence electrons. The first kappa shape index (κ1) is 18.6. The maximum atomic E-state index is 11.9. The van der Waals surface area contributed by atoms with Gasteiger partial charge in [-0.1, -0.05) is 33.6 Å². The summed E-state index contributed by atoms with van der Waals surface area (Å²) in [6.07, 6.45) is 3.23. The van der Waals surface area contributed by atoms with Crippen molar-refractivity contribution in [2.45, 2.75) is 12.8 Å². The lowest BCUT2D eigenvalue weighted by molar-refractivity contribution is -0.384. The van der Waals surface area contributed by atoms with Crippen LogP contribution in [0.1, 0.15) is 12.0 Å². The van der Waals surface area contributed by atoms with Gasteiger partial charge in [-0.25, -0.2) is 0 Å². The Morgan fingerprint density at radius 2 is 2.23 bits per heavy atom. The highest BCUT2D eigenvalue weighted by atomic mass is 79.9. The standard InChI is InChI=1S/C14H16BrN3O3.ClH/c15-13-8-12(18(20)21)2-1-11(13)7-14(19)17-9-10-3-5-16-6-4-10;/h1-3,8,16H,4-7,9H2,(H,17,19);1H. The fraction of sp³-hybridized carbons (Fsp3) is 0.357. The number of benzene rings is 1. The number of hydrogen-bond donors (Lipinski definition) is 2. The summed E-state index contributed by atoms with van der Waals surface area (Å²) in [5.41, 5.74) is 1.97. The van der Waals surface area contributed by atoms with Gasteiger partial charge in [0.1, 0.15) is 0 Å². The predicted molar refractivity (Wildman–Crippen MR) is 90.3 cm³/mol. The number of amides is 1. The van der Waals surface area contributed by atoms with Gasteiger partial charge >= 0.3 is 0 Å². The number of hydrogen-bond acceptors (Lipinski definition) is 4. The van der Waals surface area contributed by atoms with E-state index in [1.165, 1.54) is 17.7 Å². The largest absolute Gasteiger partial charge is 0.352 e. The van der Waals surface area contributed by atoms with Crippen molar-refractivity contribution < 1.29 is 9.72 Å². The number of nitro benzene ring substituents is 1. The van der Waals surface area contributed by atoms with E-state index >= 15 is 0 Å². The van der Waals surface area contributed by atoms with Crippen molar-refractivity contribution in [1.82, 2.24) is 10.6 Å². The molecule has 8 heteroatoms. The summed E-state index contributed by atoms with van der Waals surface area (Å²) in [5, 5.41) is 16.7. The molecule has 1 aliphatic rings. The van der Waals surface area contributed by atoms with Gasteiger partial charge in [0.15, 0.2) is 0 Å². The number of carbonyl (C=O) groups excluding carboxylic acids is 1. The van der Waals surface area contributed by atoms with Crippen LogP contribution < -0.4 is 10.6 Å². The Hall–Kier alpha value is -1.44. The van der Waals surface area contributed by atoms with Crippen LogP contribution in [0.5, 0.6) is 0 Å². The molecule has 1 aromatic carbocycles. The van der Waals surface area contributed by atoms with Gasteiger partial charge in [-0.3, -0.25) is 14.9 Å². The van der Waals surface area contributed by atoms with Gasteiger partial charge < -0.3 is 10.6 Å². The number of carbonyl (C=O) groups is 1. The molecule has 2 N–H and O–H groups in total. The van der Waals surface area contributed by atoms with Crippen LogP contribution in [0.3, 0.4) is 0 Å². The lowest BCUT2D eigenvalue weighted by atomic mass is 10.1. The molecule has 0 saturated carbocycles. The van der Waals surface area contributed by atoms with Crippen LogP contribution >= 0.6 is 28.3 Å². The summed E-state index contributed by atoms with van der Waals surface area (Å²) in [4.78, 5) is 22.1. The van der Waals surface area contributed by atoms with Crippen LogP contribution in [0.15, 0.2) is 34.3 Å². The molecular formula is C14H17BrClN3O3. The molecule has 0 spiro atoms. The van der Waals surface area contributed by atoms with E-state index in [1.54, 1.807) is 6.07 Å². The Bertz CT molecular complexity index is 593. The number of nitrogens with one attached hydrogen (secondary N) is 2. The topological polar surface area (TPSA) is 84.3 Å². The molecule has 6 nitrogen and oxygen atoms in total. The minimum atomic E-state index is -0.460. The van der Waals surface area contributed by atoms with Gasteiger partial charge in [0, 0.05) is 29.7 Å². The minimum absolute atomic E-state index is 0. The van der Waals surface area contributed by atoms with Crippen molar-refractivity contribution in [3.05, 3.63) is 50.0 Å². The second kappa shape index (κ2) is 8.87. The molecule has 0 aliphatic carbocycles. The van der Waals surface area contributed by atoms with Gasteiger partial charge in [0.2, 0.25) is 5.91 Å². The Morgan fingerprint density at radius 3 is 2.82 bits per heavy atom. The highest BCUT2D eigenvalue weighted by Crippen LogP contribution is 2.23. The highest BCUT2D eigenvalue weighted by molar-refractivity contribution is 9.10. The maximum absolute atomic E-state index is 11.9. The van der Waals surface area contributed by atoms with Crippen LogP contribution in [0.4, 0.5) is 5.69 Å². The SMILES string of the molecule is Cl.O=C(Cc1ccc([N+](=O)[O-])cc1Br)NCC1=CCNCC1. The van der Waals surface area contributed by atoms with Gasteiger partial charge in [0.05, 0.1) is 11.3 Å². The normalized spacial score (nSPS) is 13.8. The Kier molecular flexibility index (Phi) is 7.50. The molecule has 1 amide bonds. The molecule has 0 fully saturated rings. The zero-order valence-corrected chi connectivity index (χ0v) is 14.2. The third kappa shape index (κ3) is 5.40. The minimum Gasteiger partial charge on any atom is -0.352 e. The zero-order valence-electron chi connectivity index (χ0n) is 11.8. The molecule has 1 heterocycles. The van der Waals surface area contributed by atoms with Gasteiger partial charge in [0.25, 0.3) is 5.69 Å². The average Bonchev–Trinajstić information content (AvgIpc) is 2.48. The maximum Gasteiger partial charge on any atom is 0.270 e. The number of non-ortho nitro benzene ring substituents is 1. The van der Waals surface area contributed by atoms with Crippen molar-refractivity contribution >= 4 is 39.9 Å². The van der Waals surface area contributed by atoms with E-state index in [-0.39, 0.29) is 30.4 Å². The van der Waals surface area contributed by atoms with Crippen LogP contribution in [-0.2, 0) is 11.2 Å². The molecule has 0 saturated heterocycles. The molecule has 0 radical (unpaired) electrons. The summed E-state index contributed by atoms with van der Waals surface area (Å²) in [7, 11) is 0. The van der Waals surface area contributed by atoms with Crippen LogP contribution in [0.2, 0.25) is 0 Å². The van der Waals surface area contributed by atoms with Crippen molar-refractivity contribution in [3.63, 3.8) is 0 Å². The summed E-state index contributed by atoms with van der Waals surface area (Å²) in [5.74, 6) is -0.0935. The van der Waals surface area contributed by atoms with Crippen molar-refractivity contribution in [2.75, 3.05) is 19.6 Å². The molecular weight excluding hydrogens is 374 g/mol. The monoisotopic (exact) mass is 389 g/mol. The fourth-order valence-corrected chi connectivity index (χ4v) is 2.58. The third-order valence-electron chi connectivity index (χ3n) is 3.27. The summed E-state index contributed by atoms with van der Waals surface area (Å²) < 4.78 is 0.577. The van der Waals surface area contributed by atoms with Gasteiger partial charge in [-0.05, 0) is 18.5 Å². The van der Waals surface area contributed by atoms with E-state index in [2.05, 4.69) is 32.6 Å². The summed E-state index contributed by atoms with van der Waals surface area (Å²) in [6.45, 7) is 2.35. The first-order valence-electron chi connectivity index (χ1n) is 6.64. The smallest absolute Gasteiger partial charge is 0.270 e.